The lowest BCUT2D eigenvalue weighted by Crippen LogP contribution is -2.18. The summed E-state index contributed by atoms with van der Waals surface area (Å²) in [6, 6.07) is 0. The van der Waals surface area contributed by atoms with Crippen LogP contribution in [0.5, 0.6) is 0 Å². The SMILES string of the molecule is CNc1c(C(=N)Br)nc(C)[nH]c1=O. The van der Waals surface area contributed by atoms with Crippen LogP contribution in [0.25, 0.3) is 0 Å². The summed E-state index contributed by atoms with van der Waals surface area (Å²) in [5, 5.41) is 10.0. The van der Waals surface area contributed by atoms with Crippen LogP contribution < -0.4 is 10.9 Å². The van der Waals surface area contributed by atoms with E-state index in [1.807, 2.05) is 0 Å². The Kier molecular flexibility index (Phi) is 2.82. The molecular weight excluding hydrogens is 236 g/mol. The largest absolute Gasteiger partial charge is 0.382 e. The summed E-state index contributed by atoms with van der Waals surface area (Å²) in [6.07, 6.45) is 0. The number of nitrogens with one attached hydrogen (secondary N) is 3. The van der Waals surface area contributed by atoms with Crippen LogP contribution in [-0.2, 0) is 0 Å². The van der Waals surface area contributed by atoms with Gasteiger partial charge in [-0.05, 0) is 22.9 Å². The molecule has 0 radical (unpaired) electrons. The summed E-state index contributed by atoms with van der Waals surface area (Å²) < 4.78 is 0.0889. The molecule has 13 heavy (non-hydrogen) atoms. The molecule has 0 atom stereocenters. The maximum Gasteiger partial charge on any atom is 0.274 e. The molecule has 5 nitrogen and oxygen atoms in total. The van der Waals surface area contributed by atoms with E-state index in [9.17, 15) is 4.79 Å². The second kappa shape index (κ2) is 3.69. The van der Waals surface area contributed by atoms with Gasteiger partial charge in [-0.15, -0.1) is 0 Å². The summed E-state index contributed by atoms with van der Waals surface area (Å²) in [6.45, 7) is 1.67. The molecule has 1 rings (SSSR count). The summed E-state index contributed by atoms with van der Waals surface area (Å²) in [5.74, 6) is 0.489. The van der Waals surface area contributed by atoms with Gasteiger partial charge in [0.2, 0.25) is 0 Å². The third-order valence-corrected chi connectivity index (χ3v) is 1.87. The number of aryl methyl sites for hydroxylation is 1. The molecule has 6 heteroatoms. The highest BCUT2D eigenvalue weighted by Crippen LogP contribution is 2.09. The van der Waals surface area contributed by atoms with E-state index < -0.39 is 0 Å². The normalized spacial score (nSPS) is 9.77. The van der Waals surface area contributed by atoms with Crippen molar-refractivity contribution in [2.75, 3.05) is 12.4 Å². The Bertz CT molecular complexity index is 398. The van der Waals surface area contributed by atoms with Crippen molar-refractivity contribution in [2.24, 2.45) is 0 Å². The van der Waals surface area contributed by atoms with Crippen LogP contribution in [0.15, 0.2) is 4.79 Å². The van der Waals surface area contributed by atoms with Gasteiger partial charge in [0.15, 0.2) is 0 Å². The number of aromatic nitrogens is 2. The van der Waals surface area contributed by atoms with Crippen molar-refractivity contribution < 1.29 is 0 Å². The van der Waals surface area contributed by atoms with E-state index >= 15 is 0 Å². The van der Waals surface area contributed by atoms with Gasteiger partial charge in [-0.2, -0.15) is 0 Å². The first kappa shape index (κ1) is 9.91. The van der Waals surface area contributed by atoms with Gasteiger partial charge in [0.1, 0.15) is 21.8 Å². The fourth-order valence-electron chi connectivity index (χ4n) is 0.977. The second-order valence-electron chi connectivity index (χ2n) is 2.44. The molecule has 0 saturated heterocycles. The molecule has 0 spiro atoms. The van der Waals surface area contributed by atoms with E-state index in [4.69, 9.17) is 5.41 Å². The van der Waals surface area contributed by atoms with Crippen molar-refractivity contribution in [3.05, 3.63) is 21.9 Å². The molecule has 0 fully saturated rings. The van der Waals surface area contributed by atoms with Crippen LogP contribution in [-0.4, -0.2) is 21.6 Å². The Labute approximate surface area is 83.2 Å². The fourth-order valence-corrected chi connectivity index (χ4v) is 1.26. The Morgan fingerprint density at radius 3 is 2.77 bits per heavy atom. The molecule has 0 aliphatic carbocycles. The monoisotopic (exact) mass is 244 g/mol. The van der Waals surface area contributed by atoms with Gasteiger partial charge in [-0.1, -0.05) is 0 Å². The van der Waals surface area contributed by atoms with E-state index in [0.717, 1.165) is 0 Å². The molecule has 0 amide bonds. The highest BCUT2D eigenvalue weighted by Gasteiger charge is 2.10. The van der Waals surface area contributed by atoms with Gasteiger partial charge in [0.25, 0.3) is 5.56 Å². The maximum absolute atomic E-state index is 11.3. The van der Waals surface area contributed by atoms with E-state index in [0.29, 0.717) is 17.2 Å². The van der Waals surface area contributed by atoms with Crippen molar-refractivity contribution in [1.82, 2.24) is 9.97 Å². The predicted octanol–water partition coefficient (Wildman–Crippen LogP) is 0.840. The summed E-state index contributed by atoms with van der Waals surface area (Å²) in [7, 11) is 1.61. The lowest BCUT2D eigenvalue weighted by Gasteiger charge is -2.05. The highest BCUT2D eigenvalue weighted by molar-refractivity contribution is 9.18. The summed E-state index contributed by atoms with van der Waals surface area (Å²) in [5.41, 5.74) is 0.352. The number of hydrogen-bond acceptors (Lipinski definition) is 4. The molecule has 0 aliphatic rings. The first-order valence-electron chi connectivity index (χ1n) is 3.59. The first-order valence-corrected chi connectivity index (χ1v) is 4.38. The van der Waals surface area contributed by atoms with Gasteiger partial charge in [0, 0.05) is 7.05 Å². The lowest BCUT2D eigenvalue weighted by atomic mass is 10.3. The molecule has 1 aromatic heterocycles. The maximum atomic E-state index is 11.3. The van der Waals surface area contributed by atoms with Crippen LogP contribution in [0.3, 0.4) is 0 Å². The zero-order valence-corrected chi connectivity index (χ0v) is 8.82. The zero-order valence-electron chi connectivity index (χ0n) is 7.23. The van der Waals surface area contributed by atoms with E-state index in [1.54, 1.807) is 14.0 Å². The van der Waals surface area contributed by atoms with Crippen LogP contribution in [0.2, 0.25) is 0 Å². The molecule has 0 saturated carbocycles. The molecule has 0 unspecified atom stereocenters. The number of nitrogens with zero attached hydrogens (tertiary/aromatic N) is 1. The Morgan fingerprint density at radius 1 is 1.69 bits per heavy atom. The van der Waals surface area contributed by atoms with Crippen molar-refractivity contribution in [2.45, 2.75) is 6.92 Å². The van der Waals surface area contributed by atoms with Gasteiger partial charge in [-0.3, -0.25) is 10.2 Å². The van der Waals surface area contributed by atoms with Crippen LogP contribution in [0.1, 0.15) is 11.5 Å². The van der Waals surface area contributed by atoms with Gasteiger partial charge in [-0.25, -0.2) is 4.98 Å². The molecule has 0 bridgehead atoms. The van der Waals surface area contributed by atoms with Crippen molar-refractivity contribution in [1.29, 1.82) is 5.41 Å². The molecular formula is C7H9BrN4O. The minimum atomic E-state index is -0.269. The van der Waals surface area contributed by atoms with Crippen molar-refractivity contribution in [3.8, 4) is 0 Å². The fraction of sp³-hybridized carbons (Fsp3) is 0.286. The highest BCUT2D eigenvalue weighted by atomic mass is 79.9. The number of anilines is 1. The first-order chi connectivity index (χ1) is 6.06. The van der Waals surface area contributed by atoms with Gasteiger partial charge < -0.3 is 10.3 Å². The van der Waals surface area contributed by atoms with Crippen molar-refractivity contribution in [3.63, 3.8) is 0 Å². The molecule has 0 aliphatic heterocycles. The van der Waals surface area contributed by atoms with E-state index in [-0.39, 0.29) is 10.2 Å². The van der Waals surface area contributed by atoms with Crippen LogP contribution >= 0.6 is 15.9 Å². The van der Waals surface area contributed by atoms with Crippen LogP contribution in [0, 0.1) is 12.3 Å². The minimum absolute atomic E-state index is 0.0889. The van der Waals surface area contributed by atoms with Gasteiger partial charge >= 0.3 is 0 Å². The number of H-pyrrole nitrogens is 1. The standard InChI is InChI=1S/C7H9BrN4O/c1-3-11-4(6(8)9)5(10-2)7(13)12-3/h9-10H,1-2H3,(H,11,12,13). The molecule has 1 aromatic rings. The second-order valence-corrected chi connectivity index (χ2v) is 3.23. The smallest absolute Gasteiger partial charge is 0.274 e. The van der Waals surface area contributed by atoms with E-state index in [2.05, 4.69) is 31.2 Å². The third-order valence-electron chi connectivity index (χ3n) is 1.50. The summed E-state index contributed by atoms with van der Waals surface area (Å²) >= 11 is 2.97. The predicted molar refractivity (Wildman–Crippen MR) is 54.9 cm³/mol. The van der Waals surface area contributed by atoms with E-state index in [1.165, 1.54) is 0 Å². The average molecular weight is 245 g/mol. The third kappa shape index (κ3) is 1.95. The molecule has 1 heterocycles. The number of rotatable bonds is 2. The van der Waals surface area contributed by atoms with Gasteiger partial charge in [0.05, 0.1) is 0 Å². The quantitative estimate of drug-likeness (QED) is 0.675. The molecule has 70 valence electrons. The number of aromatic amines is 1. The average Bonchev–Trinajstić information content (AvgIpc) is 2.02. The lowest BCUT2D eigenvalue weighted by molar-refractivity contribution is 1.01. The molecule has 0 aromatic carbocycles. The Balaban J connectivity index is 3.47. The minimum Gasteiger partial charge on any atom is -0.382 e. The number of hydrogen-bond donors (Lipinski definition) is 3. The molecule has 3 N–H and O–H groups in total. The Hall–Kier alpha value is -1.17. The summed E-state index contributed by atoms with van der Waals surface area (Å²) in [4.78, 5) is 17.9. The number of halogens is 1. The topological polar surface area (TPSA) is 81.6 Å². The van der Waals surface area contributed by atoms with Crippen LogP contribution in [0.4, 0.5) is 5.69 Å². The zero-order chi connectivity index (χ0) is 10.0. The Morgan fingerprint density at radius 2 is 2.31 bits per heavy atom. The van der Waals surface area contributed by atoms with Crippen molar-refractivity contribution >= 4 is 26.2 Å².